The Balaban J connectivity index is 2.32. The molecule has 3 unspecified atom stereocenters. The van der Waals surface area contributed by atoms with Crippen molar-refractivity contribution in [1.82, 2.24) is 4.90 Å². The average Bonchev–Trinajstić information content (AvgIpc) is 2.65. The molecule has 0 aromatic rings. The van der Waals surface area contributed by atoms with Gasteiger partial charge in [0.2, 0.25) is 0 Å². The minimum Gasteiger partial charge on any atom is -0.469 e. The summed E-state index contributed by atoms with van der Waals surface area (Å²) in [6.45, 7) is 6.30. The molecule has 0 spiro atoms. The van der Waals surface area contributed by atoms with Crippen molar-refractivity contribution in [2.75, 3.05) is 26.7 Å². The highest BCUT2D eigenvalue weighted by atomic mass is 16.5. The van der Waals surface area contributed by atoms with E-state index in [0.717, 1.165) is 26.1 Å². The first kappa shape index (κ1) is 12.5. The molecule has 4 heteroatoms. The molecule has 3 atom stereocenters. The van der Waals surface area contributed by atoms with Crippen LogP contribution in [-0.2, 0) is 9.53 Å². The molecule has 0 saturated carbocycles. The molecule has 88 valence electrons. The number of rotatable bonds is 4. The number of aliphatic hydroxyl groups is 1. The molecular formula is C11H21NO3. The van der Waals surface area contributed by atoms with Crippen molar-refractivity contribution in [2.45, 2.75) is 26.4 Å². The van der Waals surface area contributed by atoms with Crippen molar-refractivity contribution in [3.63, 3.8) is 0 Å². The number of ether oxygens (including phenoxy) is 1. The second-order valence-electron chi connectivity index (χ2n) is 4.47. The standard InChI is InChI=1S/C11H21NO3/c1-8(11(14)15-3)6-12-5-4-10(7-12)9(2)13/h8-10,13H,4-7H2,1-3H3. The zero-order valence-corrected chi connectivity index (χ0v) is 9.77. The molecule has 1 aliphatic rings. The number of likely N-dealkylation sites (tertiary alicyclic amines) is 1. The van der Waals surface area contributed by atoms with E-state index in [1.54, 1.807) is 0 Å². The lowest BCUT2D eigenvalue weighted by atomic mass is 10.0. The third-order valence-electron chi connectivity index (χ3n) is 3.13. The maximum atomic E-state index is 11.2. The Morgan fingerprint density at radius 2 is 2.27 bits per heavy atom. The monoisotopic (exact) mass is 215 g/mol. The van der Waals surface area contributed by atoms with Gasteiger partial charge >= 0.3 is 5.97 Å². The molecule has 1 heterocycles. The van der Waals surface area contributed by atoms with E-state index >= 15 is 0 Å². The number of nitrogens with zero attached hydrogens (tertiary/aromatic N) is 1. The van der Waals surface area contributed by atoms with Crippen molar-refractivity contribution >= 4 is 5.97 Å². The summed E-state index contributed by atoms with van der Waals surface area (Å²) in [6.07, 6.45) is 0.773. The van der Waals surface area contributed by atoms with Crippen molar-refractivity contribution < 1.29 is 14.6 Å². The molecule has 0 aliphatic carbocycles. The molecule has 0 aromatic heterocycles. The second kappa shape index (κ2) is 5.47. The van der Waals surface area contributed by atoms with E-state index in [4.69, 9.17) is 0 Å². The fraction of sp³-hybridized carbons (Fsp3) is 0.909. The van der Waals surface area contributed by atoms with Gasteiger partial charge < -0.3 is 14.7 Å². The van der Waals surface area contributed by atoms with Gasteiger partial charge in [0.05, 0.1) is 19.1 Å². The minimum atomic E-state index is -0.247. The molecule has 0 amide bonds. The molecule has 1 rings (SSSR count). The van der Waals surface area contributed by atoms with Gasteiger partial charge in [0.25, 0.3) is 0 Å². The molecule has 0 aromatic carbocycles. The predicted molar refractivity (Wildman–Crippen MR) is 57.4 cm³/mol. The molecule has 0 bridgehead atoms. The molecule has 1 saturated heterocycles. The molecule has 15 heavy (non-hydrogen) atoms. The smallest absolute Gasteiger partial charge is 0.309 e. The highest BCUT2D eigenvalue weighted by Gasteiger charge is 2.28. The Morgan fingerprint density at radius 3 is 2.73 bits per heavy atom. The van der Waals surface area contributed by atoms with Gasteiger partial charge in [-0.05, 0) is 25.8 Å². The summed E-state index contributed by atoms with van der Waals surface area (Å²) in [5.74, 6) is 0.119. The number of aliphatic hydroxyl groups excluding tert-OH is 1. The van der Waals surface area contributed by atoms with Gasteiger partial charge in [-0.3, -0.25) is 4.79 Å². The van der Waals surface area contributed by atoms with E-state index in [2.05, 4.69) is 9.64 Å². The Kier molecular flexibility index (Phi) is 4.54. The SMILES string of the molecule is COC(=O)C(C)CN1CCC(C(C)O)C1. The van der Waals surface area contributed by atoms with Gasteiger partial charge in [-0.2, -0.15) is 0 Å². The van der Waals surface area contributed by atoms with E-state index in [1.807, 2.05) is 13.8 Å². The highest BCUT2D eigenvalue weighted by Crippen LogP contribution is 2.20. The van der Waals surface area contributed by atoms with Crippen molar-refractivity contribution in [2.24, 2.45) is 11.8 Å². The van der Waals surface area contributed by atoms with Crippen LogP contribution in [0.15, 0.2) is 0 Å². The van der Waals surface area contributed by atoms with E-state index < -0.39 is 0 Å². The molecular weight excluding hydrogens is 194 g/mol. The molecule has 1 aliphatic heterocycles. The van der Waals surface area contributed by atoms with E-state index in [1.165, 1.54) is 7.11 Å². The fourth-order valence-corrected chi connectivity index (χ4v) is 2.09. The van der Waals surface area contributed by atoms with Gasteiger partial charge in [-0.25, -0.2) is 0 Å². The number of carbonyl (C=O) groups excluding carboxylic acids is 1. The fourth-order valence-electron chi connectivity index (χ4n) is 2.09. The van der Waals surface area contributed by atoms with Crippen molar-refractivity contribution in [3.05, 3.63) is 0 Å². The summed E-state index contributed by atoms with van der Waals surface area (Å²) in [4.78, 5) is 13.4. The number of methoxy groups -OCH3 is 1. The quantitative estimate of drug-likeness (QED) is 0.694. The van der Waals surface area contributed by atoms with Crippen molar-refractivity contribution in [3.8, 4) is 0 Å². The van der Waals surface area contributed by atoms with Gasteiger partial charge in [0, 0.05) is 13.1 Å². The maximum Gasteiger partial charge on any atom is 0.309 e. The van der Waals surface area contributed by atoms with Crippen molar-refractivity contribution in [1.29, 1.82) is 0 Å². The van der Waals surface area contributed by atoms with E-state index in [9.17, 15) is 9.90 Å². The first-order chi connectivity index (χ1) is 7.04. The number of hydrogen-bond donors (Lipinski definition) is 1. The largest absolute Gasteiger partial charge is 0.469 e. The van der Waals surface area contributed by atoms with Crippen LogP contribution in [0.1, 0.15) is 20.3 Å². The van der Waals surface area contributed by atoms with E-state index in [0.29, 0.717) is 5.92 Å². The van der Waals surface area contributed by atoms with Crippen LogP contribution >= 0.6 is 0 Å². The normalized spacial score (nSPS) is 26.3. The Labute approximate surface area is 91.2 Å². The van der Waals surface area contributed by atoms with Crippen LogP contribution in [0.2, 0.25) is 0 Å². The summed E-state index contributed by atoms with van der Waals surface area (Å²) >= 11 is 0. The zero-order chi connectivity index (χ0) is 11.4. The number of hydrogen-bond acceptors (Lipinski definition) is 4. The van der Waals surface area contributed by atoms with Crippen LogP contribution in [0, 0.1) is 11.8 Å². The molecule has 0 radical (unpaired) electrons. The molecule has 4 nitrogen and oxygen atoms in total. The third-order valence-corrected chi connectivity index (χ3v) is 3.13. The topological polar surface area (TPSA) is 49.8 Å². The first-order valence-corrected chi connectivity index (χ1v) is 5.52. The summed E-state index contributed by atoms with van der Waals surface area (Å²) in [5, 5.41) is 9.44. The zero-order valence-electron chi connectivity index (χ0n) is 9.77. The minimum absolute atomic E-state index is 0.0808. The van der Waals surface area contributed by atoms with Crippen LogP contribution in [0.4, 0.5) is 0 Å². The number of carbonyl (C=O) groups is 1. The predicted octanol–water partition coefficient (Wildman–Crippen LogP) is 0.498. The summed E-state index contributed by atoms with van der Waals surface area (Å²) < 4.78 is 4.68. The van der Waals surface area contributed by atoms with Crippen LogP contribution in [-0.4, -0.2) is 48.8 Å². The van der Waals surface area contributed by atoms with Crippen LogP contribution in [0.25, 0.3) is 0 Å². The summed E-state index contributed by atoms with van der Waals surface area (Å²) in [7, 11) is 1.42. The second-order valence-corrected chi connectivity index (χ2v) is 4.47. The first-order valence-electron chi connectivity index (χ1n) is 5.52. The Bertz CT molecular complexity index is 218. The van der Waals surface area contributed by atoms with Crippen LogP contribution in [0.3, 0.4) is 0 Å². The van der Waals surface area contributed by atoms with Gasteiger partial charge in [0.15, 0.2) is 0 Å². The Hall–Kier alpha value is -0.610. The van der Waals surface area contributed by atoms with Crippen LogP contribution < -0.4 is 0 Å². The number of esters is 1. The van der Waals surface area contributed by atoms with Gasteiger partial charge in [-0.1, -0.05) is 6.92 Å². The lowest BCUT2D eigenvalue weighted by Gasteiger charge is -2.20. The van der Waals surface area contributed by atoms with Gasteiger partial charge in [-0.15, -0.1) is 0 Å². The average molecular weight is 215 g/mol. The Morgan fingerprint density at radius 1 is 1.60 bits per heavy atom. The molecule has 1 N–H and O–H groups in total. The lowest BCUT2D eigenvalue weighted by Crippen LogP contribution is -2.31. The highest BCUT2D eigenvalue weighted by molar-refractivity contribution is 5.72. The van der Waals surface area contributed by atoms with Crippen LogP contribution in [0.5, 0.6) is 0 Å². The lowest BCUT2D eigenvalue weighted by molar-refractivity contribution is -0.145. The third kappa shape index (κ3) is 3.47. The molecule has 1 fully saturated rings. The van der Waals surface area contributed by atoms with Gasteiger partial charge in [0.1, 0.15) is 0 Å². The summed E-state index contributed by atoms with van der Waals surface area (Å²) in [6, 6.07) is 0. The summed E-state index contributed by atoms with van der Waals surface area (Å²) in [5.41, 5.74) is 0. The van der Waals surface area contributed by atoms with E-state index in [-0.39, 0.29) is 18.0 Å². The maximum absolute atomic E-state index is 11.2.